The van der Waals surface area contributed by atoms with Crippen molar-refractivity contribution in [3.8, 4) is 0 Å². The molecule has 2 aromatic rings. The van der Waals surface area contributed by atoms with Crippen LogP contribution < -0.4 is 0 Å². The van der Waals surface area contributed by atoms with Gasteiger partial charge in [0.1, 0.15) is 4.90 Å². The molecule has 0 saturated carbocycles. The molecule has 0 unspecified atom stereocenters. The van der Waals surface area contributed by atoms with Gasteiger partial charge in [0, 0.05) is 22.3 Å². The number of hydrogen-bond donors (Lipinski definition) is 2. The Balaban J connectivity index is 2.30. The lowest BCUT2D eigenvalue weighted by atomic mass is 9.84. The summed E-state index contributed by atoms with van der Waals surface area (Å²) >= 11 is 5.75. The van der Waals surface area contributed by atoms with E-state index in [-0.39, 0.29) is 22.3 Å². The second-order valence-corrected chi connectivity index (χ2v) is 8.36. The van der Waals surface area contributed by atoms with E-state index in [2.05, 4.69) is 0 Å². The van der Waals surface area contributed by atoms with Gasteiger partial charge in [-0.2, -0.15) is 16.8 Å². The van der Waals surface area contributed by atoms with Gasteiger partial charge in [-0.1, -0.05) is 11.6 Å². The quantitative estimate of drug-likeness (QED) is 0.615. The van der Waals surface area contributed by atoms with Crippen LogP contribution in [0.3, 0.4) is 0 Å². The number of carbonyl (C=O) groups is 2. The topological polar surface area (TPSA) is 143 Å². The fourth-order valence-corrected chi connectivity index (χ4v) is 4.02. The molecule has 0 radical (unpaired) electrons. The maximum absolute atomic E-state index is 12.5. The average Bonchev–Trinajstić information content (AvgIpc) is 2.49. The number of fused-ring (bicyclic) bond motifs is 2. The molecule has 3 rings (SSSR count). The fourth-order valence-electron chi connectivity index (χ4n) is 2.49. The van der Waals surface area contributed by atoms with Gasteiger partial charge in [-0.3, -0.25) is 18.7 Å². The van der Waals surface area contributed by atoms with Crippen LogP contribution in [0.5, 0.6) is 0 Å². The minimum atomic E-state index is -4.72. The highest BCUT2D eigenvalue weighted by molar-refractivity contribution is 7.86. The molecule has 1 aliphatic carbocycles. The second kappa shape index (κ2) is 5.44. The van der Waals surface area contributed by atoms with E-state index in [0.29, 0.717) is 0 Å². The van der Waals surface area contributed by atoms with Crippen molar-refractivity contribution < 1.29 is 35.5 Å². The first-order valence-electron chi connectivity index (χ1n) is 6.43. The van der Waals surface area contributed by atoms with Crippen LogP contribution in [0.15, 0.2) is 40.1 Å². The third-order valence-electron chi connectivity index (χ3n) is 3.62. The highest BCUT2D eigenvalue weighted by Crippen LogP contribution is 2.33. The third-order valence-corrected chi connectivity index (χ3v) is 5.79. The number of carbonyl (C=O) groups excluding carboxylic acids is 2. The number of rotatable bonds is 2. The van der Waals surface area contributed by atoms with E-state index in [1.807, 2.05) is 0 Å². The summed E-state index contributed by atoms with van der Waals surface area (Å²) in [7, 11) is -9.31. The van der Waals surface area contributed by atoms with Gasteiger partial charge >= 0.3 is 0 Å². The largest absolute Gasteiger partial charge is 0.296 e. The van der Waals surface area contributed by atoms with E-state index in [1.165, 1.54) is 0 Å². The molecular formula is C14H7ClO8S2. The zero-order valence-electron chi connectivity index (χ0n) is 11.9. The normalized spacial score (nSPS) is 14.2. The molecule has 1 aliphatic rings. The smallest absolute Gasteiger partial charge is 0.289 e. The lowest BCUT2D eigenvalue weighted by molar-refractivity contribution is 0.0978. The summed E-state index contributed by atoms with van der Waals surface area (Å²) in [6.45, 7) is 0. The molecule has 25 heavy (non-hydrogen) atoms. The number of benzene rings is 2. The van der Waals surface area contributed by atoms with Gasteiger partial charge in [0.2, 0.25) is 0 Å². The lowest BCUT2D eigenvalue weighted by Crippen LogP contribution is -2.22. The van der Waals surface area contributed by atoms with Crippen molar-refractivity contribution in [3.63, 3.8) is 0 Å². The Kier molecular flexibility index (Phi) is 3.86. The van der Waals surface area contributed by atoms with Crippen molar-refractivity contribution >= 4 is 43.4 Å². The van der Waals surface area contributed by atoms with Gasteiger partial charge in [-0.25, -0.2) is 0 Å². The minimum Gasteiger partial charge on any atom is -0.289 e. The number of ketones is 2. The van der Waals surface area contributed by atoms with Crippen molar-refractivity contribution in [1.29, 1.82) is 0 Å². The predicted octanol–water partition coefficient (Wildman–Crippen LogP) is 1.61. The van der Waals surface area contributed by atoms with E-state index in [9.17, 15) is 26.4 Å². The van der Waals surface area contributed by atoms with Crippen LogP contribution in [0.25, 0.3) is 0 Å². The zero-order chi connectivity index (χ0) is 18.7. The summed E-state index contributed by atoms with van der Waals surface area (Å²) in [6.07, 6.45) is 0. The first-order valence-corrected chi connectivity index (χ1v) is 9.69. The Morgan fingerprint density at radius 2 is 1.24 bits per heavy atom. The molecule has 2 aromatic carbocycles. The molecule has 0 atom stereocenters. The van der Waals surface area contributed by atoms with Crippen LogP contribution in [0, 0.1) is 0 Å². The molecule has 2 N–H and O–H groups in total. The van der Waals surface area contributed by atoms with Crippen LogP contribution in [0.4, 0.5) is 0 Å². The summed E-state index contributed by atoms with van der Waals surface area (Å²) in [5.74, 6) is -1.54. The molecule has 0 amide bonds. The van der Waals surface area contributed by atoms with Gasteiger partial charge in [-0.05, 0) is 30.3 Å². The monoisotopic (exact) mass is 402 g/mol. The maximum atomic E-state index is 12.5. The standard InChI is InChI=1S/C14H7ClO8S2/c15-11-4-9-10(5-12(11)25(21,22)23)13(16)7-2-1-6(24(18,19)20)3-8(7)14(9)17/h1-5H,(H,18,19,20)(H,21,22,23). The minimum absolute atomic E-state index is 0.173. The van der Waals surface area contributed by atoms with Gasteiger partial charge in [0.05, 0.1) is 9.92 Å². The Hall–Kier alpha value is -2.11. The second-order valence-electron chi connectivity index (χ2n) is 5.14. The summed E-state index contributed by atoms with van der Waals surface area (Å²) in [5, 5.41) is -0.475. The van der Waals surface area contributed by atoms with Crippen LogP contribution in [-0.2, 0) is 20.2 Å². The fraction of sp³-hybridized carbons (Fsp3) is 0. The van der Waals surface area contributed by atoms with Crippen molar-refractivity contribution in [2.75, 3.05) is 0 Å². The van der Waals surface area contributed by atoms with Crippen LogP contribution in [0.2, 0.25) is 5.02 Å². The van der Waals surface area contributed by atoms with E-state index in [0.717, 1.165) is 30.3 Å². The molecular weight excluding hydrogens is 396 g/mol. The van der Waals surface area contributed by atoms with E-state index in [4.69, 9.17) is 20.7 Å². The van der Waals surface area contributed by atoms with Gasteiger partial charge in [-0.15, -0.1) is 0 Å². The van der Waals surface area contributed by atoms with E-state index in [1.54, 1.807) is 0 Å². The van der Waals surface area contributed by atoms with Crippen LogP contribution in [0.1, 0.15) is 31.8 Å². The van der Waals surface area contributed by atoms with Gasteiger partial charge < -0.3 is 0 Å². The molecule has 11 heteroatoms. The Bertz CT molecular complexity index is 1180. The Labute approximate surface area is 146 Å². The Morgan fingerprint density at radius 1 is 0.720 bits per heavy atom. The molecule has 0 spiro atoms. The van der Waals surface area contributed by atoms with Gasteiger partial charge in [0.15, 0.2) is 11.6 Å². The number of hydrogen-bond acceptors (Lipinski definition) is 6. The third kappa shape index (κ3) is 2.87. The summed E-state index contributed by atoms with van der Waals surface area (Å²) < 4.78 is 63.2. The molecule has 130 valence electrons. The van der Waals surface area contributed by atoms with Crippen LogP contribution >= 0.6 is 11.6 Å². The molecule has 0 aliphatic heterocycles. The summed E-state index contributed by atoms with van der Waals surface area (Å²) in [6, 6.07) is 4.50. The highest BCUT2D eigenvalue weighted by Gasteiger charge is 2.33. The first-order chi connectivity index (χ1) is 11.4. The van der Waals surface area contributed by atoms with Crippen LogP contribution in [-0.4, -0.2) is 37.5 Å². The zero-order valence-corrected chi connectivity index (χ0v) is 14.3. The predicted molar refractivity (Wildman–Crippen MR) is 84.4 cm³/mol. The van der Waals surface area contributed by atoms with Gasteiger partial charge in [0.25, 0.3) is 20.2 Å². The molecule has 0 heterocycles. The Morgan fingerprint density at radius 3 is 1.80 bits per heavy atom. The summed E-state index contributed by atoms with van der Waals surface area (Å²) in [4.78, 5) is 23.8. The van der Waals surface area contributed by atoms with Crippen molar-refractivity contribution in [1.82, 2.24) is 0 Å². The molecule has 0 fully saturated rings. The highest BCUT2D eigenvalue weighted by atomic mass is 35.5. The summed E-state index contributed by atoms with van der Waals surface area (Å²) in [5.41, 5.74) is -0.992. The molecule has 0 bridgehead atoms. The van der Waals surface area contributed by atoms with E-state index < -0.39 is 46.6 Å². The molecule has 0 aromatic heterocycles. The lowest BCUT2D eigenvalue weighted by Gasteiger charge is -2.19. The molecule has 8 nitrogen and oxygen atoms in total. The van der Waals surface area contributed by atoms with E-state index >= 15 is 0 Å². The maximum Gasteiger partial charge on any atom is 0.296 e. The van der Waals surface area contributed by atoms with Crippen molar-refractivity contribution in [3.05, 3.63) is 57.6 Å². The van der Waals surface area contributed by atoms with Crippen molar-refractivity contribution in [2.45, 2.75) is 9.79 Å². The molecule has 0 saturated heterocycles. The van der Waals surface area contributed by atoms with Crippen molar-refractivity contribution in [2.24, 2.45) is 0 Å². The number of halogens is 1. The average molecular weight is 403 g/mol. The first kappa shape index (κ1) is 17.7. The SMILES string of the molecule is O=C1c2cc(S(=O)(=O)O)ccc2C(=O)c2cc(S(=O)(=O)O)c(Cl)cc21.